The Morgan fingerprint density at radius 1 is 0.868 bits per heavy atom. The Hall–Kier alpha value is -1.14. The molecule has 3 heterocycles. The smallest absolute Gasteiger partial charge is 0.273 e. The Bertz CT molecular complexity index is 908. The zero-order valence-corrected chi connectivity index (χ0v) is 20.7. The van der Waals surface area contributed by atoms with Crippen molar-refractivity contribution in [1.29, 1.82) is 0 Å². The lowest BCUT2D eigenvalue weighted by Gasteiger charge is -2.49. The fraction of sp³-hybridized carbons (Fsp3) is 0.947. The van der Waals surface area contributed by atoms with Crippen molar-refractivity contribution >= 4 is 16.0 Å². The number of rotatable bonds is 8. The van der Waals surface area contributed by atoms with Gasteiger partial charge in [0, 0.05) is 6.92 Å². The average molecular weight is 580 g/mol. The van der Waals surface area contributed by atoms with Gasteiger partial charge in [0.05, 0.1) is 19.8 Å². The minimum absolute atomic E-state index is 0.486. The van der Waals surface area contributed by atoms with Crippen LogP contribution in [0.1, 0.15) is 6.92 Å². The standard InChI is InChI=1S/C19H33NO17S/c1-5(23)20-9-15(37-19-13(28)16(38(30,31)32)11(26)7(2-21)35-19)14(8(3-22)34-17(9)29)36-18-12(27)10(25)6(24)4-33-18/h6-19,21-22,24-29H,2-4H2,1H3,(H,20,23)(H,30,31,32)/t6-,7-,8-,9-,10-,11+,12+,13-,14-,15-,16+,17-,18+,19+/m1/s1. The molecule has 0 aromatic carbocycles. The molecule has 222 valence electrons. The molecule has 3 fully saturated rings. The van der Waals surface area contributed by atoms with Crippen LogP contribution in [0, 0.1) is 0 Å². The number of ether oxygens (including phenoxy) is 5. The lowest BCUT2D eigenvalue weighted by atomic mass is 9.95. The fourth-order valence-electron chi connectivity index (χ4n) is 4.51. The number of carbonyl (C=O) groups excluding carboxylic acids is 1. The Kier molecular flexibility index (Phi) is 10.4. The topological polar surface area (TPSA) is 291 Å². The van der Waals surface area contributed by atoms with Gasteiger partial charge >= 0.3 is 0 Å². The summed E-state index contributed by atoms with van der Waals surface area (Å²) in [5, 5.41) is 80.7. The molecular weight excluding hydrogens is 546 g/mol. The van der Waals surface area contributed by atoms with Crippen LogP contribution in [0.15, 0.2) is 0 Å². The summed E-state index contributed by atoms with van der Waals surface area (Å²) < 4.78 is 60.4. The van der Waals surface area contributed by atoms with Crippen molar-refractivity contribution in [1.82, 2.24) is 5.32 Å². The van der Waals surface area contributed by atoms with Crippen LogP contribution < -0.4 is 5.32 Å². The van der Waals surface area contributed by atoms with Crippen LogP contribution >= 0.6 is 0 Å². The highest BCUT2D eigenvalue weighted by atomic mass is 32.2. The summed E-state index contributed by atoms with van der Waals surface area (Å²) >= 11 is 0. The van der Waals surface area contributed by atoms with E-state index in [0.29, 0.717) is 0 Å². The zero-order chi connectivity index (χ0) is 28.5. The van der Waals surface area contributed by atoms with E-state index in [0.717, 1.165) is 6.92 Å². The van der Waals surface area contributed by atoms with E-state index in [4.69, 9.17) is 23.7 Å². The van der Waals surface area contributed by atoms with E-state index in [1.165, 1.54) is 0 Å². The first-order chi connectivity index (χ1) is 17.7. The SMILES string of the molecule is CC(=O)N[C@@H]1[C@@H](O[C@@H]2O[C@H](CO)[C@H](O)[C@H](S(=O)(=O)O)[C@H]2O)[C@H](O[C@@H]2OC[C@@H](O)[C@@H](O)[C@@H]2O)[C@@H](CO)O[C@H]1O. The van der Waals surface area contributed by atoms with Gasteiger partial charge in [-0.15, -0.1) is 0 Å². The molecule has 14 atom stereocenters. The molecule has 19 heteroatoms. The van der Waals surface area contributed by atoms with Gasteiger partial charge in [0.2, 0.25) is 5.91 Å². The predicted octanol–water partition coefficient (Wildman–Crippen LogP) is -6.89. The quantitative estimate of drug-likeness (QED) is 0.119. The number of carbonyl (C=O) groups is 1. The van der Waals surface area contributed by atoms with Gasteiger partial charge in [-0.3, -0.25) is 9.35 Å². The maximum Gasteiger partial charge on any atom is 0.273 e. The van der Waals surface area contributed by atoms with Crippen LogP contribution in [-0.2, 0) is 38.6 Å². The van der Waals surface area contributed by atoms with Gasteiger partial charge in [-0.05, 0) is 0 Å². The zero-order valence-electron chi connectivity index (χ0n) is 19.9. The van der Waals surface area contributed by atoms with Gasteiger partial charge in [-0.25, -0.2) is 0 Å². The van der Waals surface area contributed by atoms with Crippen molar-refractivity contribution in [2.75, 3.05) is 19.8 Å². The van der Waals surface area contributed by atoms with Crippen molar-refractivity contribution < 1.29 is 82.3 Å². The summed E-state index contributed by atoms with van der Waals surface area (Å²) in [6.07, 6.45) is -21.5. The van der Waals surface area contributed by atoms with Crippen molar-refractivity contribution in [3.8, 4) is 0 Å². The second kappa shape index (κ2) is 12.6. The first-order valence-corrected chi connectivity index (χ1v) is 13.0. The Balaban J connectivity index is 1.97. The van der Waals surface area contributed by atoms with Gasteiger partial charge in [-0.2, -0.15) is 8.42 Å². The lowest BCUT2D eigenvalue weighted by Crippen LogP contribution is -2.69. The second-order valence-electron chi connectivity index (χ2n) is 9.11. The predicted molar refractivity (Wildman–Crippen MR) is 116 cm³/mol. The molecule has 0 radical (unpaired) electrons. The monoisotopic (exact) mass is 579 g/mol. The molecule has 0 aliphatic carbocycles. The van der Waals surface area contributed by atoms with Crippen LogP contribution in [0.2, 0.25) is 0 Å². The molecule has 0 aromatic rings. The maximum absolute atomic E-state index is 11.9. The normalized spacial score (nSPS) is 46.5. The Morgan fingerprint density at radius 2 is 1.47 bits per heavy atom. The molecule has 3 rings (SSSR count). The molecule has 0 aromatic heterocycles. The van der Waals surface area contributed by atoms with Crippen molar-refractivity contribution in [3.63, 3.8) is 0 Å². The number of hydrogen-bond acceptors (Lipinski definition) is 16. The molecule has 18 nitrogen and oxygen atoms in total. The Labute approximate surface area is 216 Å². The summed E-state index contributed by atoms with van der Waals surface area (Å²) in [5.74, 6) is -0.732. The van der Waals surface area contributed by atoms with E-state index in [1.807, 2.05) is 0 Å². The Morgan fingerprint density at radius 3 is 2.03 bits per heavy atom. The van der Waals surface area contributed by atoms with Gasteiger partial charge in [-0.1, -0.05) is 0 Å². The van der Waals surface area contributed by atoms with Gasteiger partial charge in [0.15, 0.2) is 18.9 Å². The molecule has 1 amide bonds. The molecule has 3 aliphatic heterocycles. The molecular formula is C19H33NO17S. The highest BCUT2D eigenvalue weighted by molar-refractivity contribution is 7.86. The first kappa shape index (κ1) is 31.4. The summed E-state index contributed by atoms with van der Waals surface area (Å²) in [5.41, 5.74) is 0. The van der Waals surface area contributed by atoms with E-state index in [2.05, 4.69) is 5.32 Å². The molecule has 10 N–H and O–H groups in total. The highest BCUT2D eigenvalue weighted by Gasteiger charge is 2.55. The minimum Gasteiger partial charge on any atom is -0.394 e. The summed E-state index contributed by atoms with van der Waals surface area (Å²) in [7, 11) is -5.15. The van der Waals surface area contributed by atoms with E-state index in [9.17, 15) is 58.6 Å². The number of hydrogen-bond donors (Lipinski definition) is 10. The van der Waals surface area contributed by atoms with E-state index in [-0.39, 0.29) is 0 Å². The summed E-state index contributed by atoms with van der Waals surface area (Å²) in [6, 6.07) is -1.56. The van der Waals surface area contributed by atoms with Crippen LogP contribution in [0.5, 0.6) is 0 Å². The second-order valence-corrected chi connectivity index (χ2v) is 10.7. The maximum atomic E-state index is 11.9. The van der Waals surface area contributed by atoms with E-state index < -0.39 is 121 Å². The van der Waals surface area contributed by atoms with E-state index >= 15 is 0 Å². The molecule has 3 aliphatic rings. The molecule has 0 bridgehead atoms. The number of aliphatic hydroxyl groups is 8. The molecule has 0 saturated carbocycles. The largest absolute Gasteiger partial charge is 0.394 e. The molecule has 3 saturated heterocycles. The molecule has 0 unspecified atom stereocenters. The minimum atomic E-state index is -5.15. The van der Waals surface area contributed by atoms with Crippen molar-refractivity contribution in [2.24, 2.45) is 0 Å². The third kappa shape index (κ3) is 6.59. The number of aliphatic hydroxyl groups excluding tert-OH is 8. The van der Waals surface area contributed by atoms with Gasteiger partial charge < -0.3 is 69.9 Å². The summed E-state index contributed by atoms with van der Waals surface area (Å²) in [6.45, 7) is -1.27. The van der Waals surface area contributed by atoms with Gasteiger partial charge in [0.1, 0.15) is 66.2 Å². The third-order valence-corrected chi connectivity index (χ3v) is 7.66. The van der Waals surface area contributed by atoms with E-state index in [1.54, 1.807) is 0 Å². The lowest BCUT2D eigenvalue weighted by molar-refractivity contribution is -0.358. The molecule has 38 heavy (non-hydrogen) atoms. The van der Waals surface area contributed by atoms with Crippen molar-refractivity contribution in [3.05, 3.63) is 0 Å². The van der Waals surface area contributed by atoms with Crippen LogP contribution in [0.4, 0.5) is 0 Å². The van der Waals surface area contributed by atoms with Gasteiger partial charge in [0.25, 0.3) is 10.1 Å². The number of nitrogens with one attached hydrogen (secondary N) is 1. The molecule has 0 spiro atoms. The highest BCUT2D eigenvalue weighted by Crippen LogP contribution is 2.33. The number of amides is 1. The van der Waals surface area contributed by atoms with Crippen LogP contribution in [-0.4, -0.2) is 165 Å². The van der Waals surface area contributed by atoms with Crippen LogP contribution in [0.3, 0.4) is 0 Å². The van der Waals surface area contributed by atoms with Crippen LogP contribution in [0.25, 0.3) is 0 Å². The first-order valence-electron chi connectivity index (χ1n) is 11.5. The fourth-order valence-corrected chi connectivity index (χ4v) is 5.52. The van der Waals surface area contributed by atoms with Crippen molar-refractivity contribution in [2.45, 2.75) is 92.0 Å². The average Bonchev–Trinajstić information content (AvgIpc) is 2.83. The summed E-state index contributed by atoms with van der Waals surface area (Å²) in [4.78, 5) is 11.9. The third-order valence-electron chi connectivity index (χ3n) is 6.42.